The highest BCUT2D eigenvalue weighted by molar-refractivity contribution is 7.89. The number of nitro benzene ring substituents is 1. The topological polar surface area (TPSA) is 92.6 Å². The summed E-state index contributed by atoms with van der Waals surface area (Å²) < 4.78 is 27.3. The van der Waals surface area contributed by atoms with Crippen molar-refractivity contribution in [1.82, 2.24) is 9.62 Å². The Hall–Kier alpha value is -1.51. The molecule has 1 aromatic carbocycles. The average molecular weight is 327 g/mol. The van der Waals surface area contributed by atoms with Crippen LogP contribution in [0.3, 0.4) is 0 Å². The van der Waals surface area contributed by atoms with Crippen LogP contribution in [0, 0.1) is 10.1 Å². The number of likely N-dealkylation sites (tertiary alicyclic amines) is 1. The van der Waals surface area contributed by atoms with Gasteiger partial charge in [0.15, 0.2) is 0 Å². The first-order chi connectivity index (χ1) is 10.3. The summed E-state index contributed by atoms with van der Waals surface area (Å²) in [6, 6.07) is 5.32. The molecule has 1 N–H and O–H groups in total. The van der Waals surface area contributed by atoms with Gasteiger partial charge in [0.25, 0.3) is 5.69 Å². The molecule has 0 radical (unpaired) electrons. The van der Waals surface area contributed by atoms with Gasteiger partial charge in [0.05, 0.1) is 9.82 Å². The second kappa shape index (κ2) is 6.72. The molecular formula is C14H21N3O4S. The van der Waals surface area contributed by atoms with E-state index in [1.54, 1.807) is 0 Å². The number of benzene rings is 1. The van der Waals surface area contributed by atoms with Crippen molar-refractivity contribution >= 4 is 15.7 Å². The minimum Gasteiger partial charge on any atom is -0.301 e. The molecule has 0 bridgehead atoms. The Balaban J connectivity index is 2.01. The molecule has 22 heavy (non-hydrogen) atoms. The first kappa shape index (κ1) is 16.9. The van der Waals surface area contributed by atoms with Crippen molar-refractivity contribution in [3.05, 3.63) is 34.4 Å². The van der Waals surface area contributed by atoms with Crippen molar-refractivity contribution in [2.75, 3.05) is 13.1 Å². The van der Waals surface area contributed by atoms with Crippen LogP contribution in [0.1, 0.15) is 26.7 Å². The molecule has 1 aromatic rings. The average Bonchev–Trinajstić information content (AvgIpc) is 2.47. The number of hydrogen-bond donors (Lipinski definition) is 1. The van der Waals surface area contributed by atoms with Gasteiger partial charge < -0.3 is 4.90 Å². The van der Waals surface area contributed by atoms with Gasteiger partial charge in [-0.25, -0.2) is 13.1 Å². The molecule has 0 amide bonds. The Kier molecular flexibility index (Phi) is 5.15. The maximum Gasteiger partial charge on any atom is 0.269 e. The molecule has 1 aliphatic heterocycles. The number of sulfonamides is 1. The fraction of sp³-hybridized carbons (Fsp3) is 0.571. The molecule has 0 saturated carbocycles. The zero-order valence-electron chi connectivity index (χ0n) is 12.7. The van der Waals surface area contributed by atoms with Crippen molar-refractivity contribution in [2.24, 2.45) is 0 Å². The lowest BCUT2D eigenvalue weighted by Crippen LogP contribution is -2.46. The van der Waals surface area contributed by atoms with E-state index in [0.29, 0.717) is 6.04 Å². The highest BCUT2D eigenvalue weighted by Gasteiger charge is 2.25. The van der Waals surface area contributed by atoms with Gasteiger partial charge >= 0.3 is 0 Å². The number of hydrogen-bond acceptors (Lipinski definition) is 5. The van der Waals surface area contributed by atoms with E-state index in [2.05, 4.69) is 23.5 Å². The molecule has 0 atom stereocenters. The van der Waals surface area contributed by atoms with Crippen LogP contribution < -0.4 is 4.72 Å². The predicted molar refractivity (Wildman–Crippen MR) is 83.1 cm³/mol. The van der Waals surface area contributed by atoms with Gasteiger partial charge in [-0.3, -0.25) is 10.1 Å². The SMILES string of the molecule is CC(C)N1CCC(NS(=O)(=O)c2ccc([N+](=O)[O-])cc2)CC1. The molecule has 0 spiro atoms. The first-order valence-electron chi connectivity index (χ1n) is 7.30. The molecule has 0 aliphatic carbocycles. The second-order valence-electron chi connectivity index (χ2n) is 5.78. The summed E-state index contributed by atoms with van der Waals surface area (Å²) in [5, 5.41) is 10.6. The van der Waals surface area contributed by atoms with E-state index in [0.717, 1.165) is 25.9 Å². The summed E-state index contributed by atoms with van der Waals surface area (Å²) in [6.07, 6.45) is 1.54. The summed E-state index contributed by atoms with van der Waals surface area (Å²) in [4.78, 5) is 12.4. The van der Waals surface area contributed by atoms with Crippen molar-refractivity contribution in [3.63, 3.8) is 0 Å². The van der Waals surface area contributed by atoms with Crippen LogP contribution in [0.2, 0.25) is 0 Å². The maximum atomic E-state index is 12.3. The summed E-state index contributed by atoms with van der Waals surface area (Å²) in [5.41, 5.74) is -0.121. The smallest absolute Gasteiger partial charge is 0.269 e. The fourth-order valence-corrected chi connectivity index (χ4v) is 3.87. The lowest BCUT2D eigenvalue weighted by atomic mass is 10.1. The van der Waals surface area contributed by atoms with Gasteiger partial charge in [-0.1, -0.05) is 0 Å². The summed E-state index contributed by atoms with van der Waals surface area (Å²) >= 11 is 0. The quantitative estimate of drug-likeness (QED) is 0.657. The molecule has 7 nitrogen and oxygen atoms in total. The van der Waals surface area contributed by atoms with Crippen LogP contribution in [0.25, 0.3) is 0 Å². The van der Waals surface area contributed by atoms with E-state index in [1.807, 2.05) is 0 Å². The molecule has 1 fully saturated rings. The molecule has 122 valence electrons. The first-order valence-corrected chi connectivity index (χ1v) is 8.79. The molecule has 0 unspecified atom stereocenters. The van der Waals surface area contributed by atoms with Crippen molar-refractivity contribution in [1.29, 1.82) is 0 Å². The Labute approximate surface area is 130 Å². The van der Waals surface area contributed by atoms with E-state index >= 15 is 0 Å². The van der Waals surface area contributed by atoms with Crippen molar-refractivity contribution < 1.29 is 13.3 Å². The van der Waals surface area contributed by atoms with Crippen LogP contribution in [-0.2, 0) is 10.0 Å². The monoisotopic (exact) mass is 327 g/mol. The molecule has 8 heteroatoms. The predicted octanol–water partition coefficient (Wildman–Crippen LogP) is 1.75. The lowest BCUT2D eigenvalue weighted by molar-refractivity contribution is -0.384. The Morgan fingerprint density at radius 2 is 1.77 bits per heavy atom. The number of rotatable bonds is 5. The Morgan fingerprint density at radius 3 is 2.23 bits per heavy atom. The van der Waals surface area contributed by atoms with Crippen molar-refractivity contribution in [3.8, 4) is 0 Å². The Bertz CT molecular complexity index is 620. The summed E-state index contributed by atoms with van der Waals surface area (Å²) in [5.74, 6) is 0. The molecule has 1 heterocycles. The van der Waals surface area contributed by atoms with Gasteiger partial charge in [0.2, 0.25) is 10.0 Å². The zero-order valence-corrected chi connectivity index (χ0v) is 13.5. The lowest BCUT2D eigenvalue weighted by Gasteiger charge is -2.34. The molecular weight excluding hydrogens is 306 g/mol. The van der Waals surface area contributed by atoms with Crippen LogP contribution in [-0.4, -0.2) is 43.4 Å². The second-order valence-corrected chi connectivity index (χ2v) is 7.49. The number of nitrogens with zero attached hydrogens (tertiary/aromatic N) is 2. The van der Waals surface area contributed by atoms with Gasteiger partial charge in [0, 0.05) is 24.2 Å². The number of non-ortho nitro benzene ring substituents is 1. The fourth-order valence-electron chi connectivity index (χ4n) is 2.57. The highest BCUT2D eigenvalue weighted by Crippen LogP contribution is 2.18. The standard InChI is InChI=1S/C14H21N3O4S/c1-11(2)16-9-7-12(8-10-16)15-22(20,21)14-5-3-13(4-6-14)17(18)19/h3-6,11-12,15H,7-10H2,1-2H3. The number of piperidine rings is 1. The zero-order chi connectivity index (χ0) is 16.3. The minimum atomic E-state index is -3.63. The van der Waals surface area contributed by atoms with Crippen LogP contribution in [0.4, 0.5) is 5.69 Å². The normalized spacial score (nSPS) is 17.8. The van der Waals surface area contributed by atoms with E-state index in [9.17, 15) is 18.5 Å². The number of nitro groups is 1. The van der Waals surface area contributed by atoms with Gasteiger partial charge in [-0.05, 0) is 51.9 Å². The molecule has 2 rings (SSSR count). The van der Waals surface area contributed by atoms with Gasteiger partial charge in [0.1, 0.15) is 0 Å². The summed E-state index contributed by atoms with van der Waals surface area (Å²) in [6.45, 7) is 5.99. The third-order valence-electron chi connectivity index (χ3n) is 3.94. The maximum absolute atomic E-state index is 12.3. The third-order valence-corrected chi connectivity index (χ3v) is 5.48. The van der Waals surface area contributed by atoms with E-state index in [1.165, 1.54) is 24.3 Å². The third kappa shape index (κ3) is 4.02. The molecule has 1 saturated heterocycles. The van der Waals surface area contributed by atoms with E-state index < -0.39 is 14.9 Å². The highest BCUT2D eigenvalue weighted by atomic mass is 32.2. The number of nitrogens with one attached hydrogen (secondary N) is 1. The van der Waals surface area contributed by atoms with Gasteiger partial charge in [-0.15, -0.1) is 0 Å². The van der Waals surface area contributed by atoms with Gasteiger partial charge in [-0.2, -0.15) is 0 Å². The van der Waals surface area contributed by atoms with Crippen LogP contribution >= 0.6 is 0 Å². The van der Waals surface area contributed by atoms with Crippen LogP contribution in [0.15, 0.2) is 29.2 Å². The van der Waals surface area contributed by atoms with E-state index in [4.69, 9.17) is 0 Å². The minimum absolute atomic E-state index is 0.0596. The van der Waals surface area contributed by atoms with E-state index in [-0.39, 0.29) is 16.6 Å². The Morgan fingerprint density at radius 1 is 1.23 bits per heavy atom. The van der Waals surface area contributed by atoms with Crippen molar-refractivity contribution in [2.45, 2.75) is 43.7 Å². The largest absolute Gasteiger partial charge is 0.301 e. The summed E-state index contributed by atoms with van der Waals surface area (Å²) in [7, 11) is -3.63. The van der Waals surface area contributed by atoms with Crippen LogP contribution in [0.5, 0.6) is 0 Å². The molecule has 1 aliphatic rings. The molecule has 0 aromatic heterocycles.